The van der Waals surface area contributed by atoms with Gasteiger partial charge >= 0.3 is 0 Å². The third-order valence-electron chi connectivity index (χ3n) is 6.06. The average molecular weight is 456 g/mol. The van der Waals surface area contributed by atoms with Gasteiger partial charge in [0.1, 0.15) is 17.8 Å². The van der Waals surface area contributed by atoms with Crippen LogP contribution in [0, 0.1) is 0 Å². The zero-order chi connectivity index (χ0) is 24.0. The molecule has 0 unspecified atom stereocenters. The molecule has 0 spiro atoms. The maximum atomic E-state index is 12.7. The van der Waals surface area contributed by atoms with Crippen molar-refractivity contribution in [2.75, 3.05) is 26.1 Å². The van der Waals surface area contributed by atoms with Crippen molar-refractivity contribution in [1.29, 1.82) is 0 Å². The lowest BCUT2D eigenvalue weighted by atomic mass is 9.82. The first kappa shape index (κ1) is 21.6. The van der Waals surface area contributed by atoms with Crippen LogP contribution < -0.4 is 14.4 Å². The standard InChI is InChI=1S/C26H25N5O3/c1-15(32)21-16(2)34-26-23(22(21)17-8-12-20(33-5)13-9-17)25-28-24(29-31(25)14-27-26)18-6-10-19(11-7-18)30(3)4/h6-14,22H,1-5H3/t22-/m1/s1. The van der Waals surface area contributed by atoms with Gasteiger partial charge in [0.05, 0.1) is 12.7 Å². The summed E-state index contributed by atoms with van der Waals surface area (Å²) < 4.78 is 13.0. The lowest BCUT2D eigenvalue weighted by Gasteiger charge is -2.28. The highest BCUT2D eigenvalue weighted by Crippen LogP contribution is 2.44. The maximum Gasteiger partial charge on any atom is 0.228 e. The first-order chi connectivity index (χ1) is 16.4. The summed E-state index contributed by atoms with van der Waals surface area (Å²) in [6.45, 7) is 3.35. The summed E-state index contributed by atoms with van der Waals surface area (Å²) in [7, 11) is 5.62. The monoisotopic (exact) mass is 455 g/mol. The number of methoxy groups -OCH3 is 1. The molecule has 172 valence electrons. The summed E-state index contributed by atoms with van der Waals surface area (Å²) in [5, 5.41) is 4.66. The zero-order valence-corrected chi connectivity index (χ0v) is 19.7. The molecule has 0 saturated carbocycles. The number of ketones is 1. The Labute approximate surface area is 197 Å². The fraction of sp³-hybridized carbons (Fsp3) is 0.231. The van der Waals surface area contributed by atoms with Crippen LogP contribution in [0.2, 0.25) is 0 Å². The highest BCUT2D eigenvalue weighted by molar-refractivity contribution is 5.97. The highest BCUT2D eigenvalue weighted by atomic mass is 16.5. The molecule has 5 rings (SSSR count). The topological polar surface area (TPSA) is 81.8 Å². The first-order valence-corrected chi connectivity index (χ1v) is 10.9. The average Bonchev–Trinajstić information content (AvgIpc) is 3.27. The van der Waals surface area contributed by atoms with E-state index in [2.05, 4.69) is 10.1 Å². The molecule has 1 atom stereocenters. The molecule has 34 heavy (non-hydrogen) atoms. The Hall–Kier alpha value is -4.20. The van der Waals surface area contributed by atoms with E-state index in [1.54, 1.807) is 31.8 Å². The van der Waals surface area contributed by atoms with Gasteiger partial charge in [-0.3, -0.25) is 4.79 Å². The van der Waals surface area contributed by atoms with Crippen LogP contribution >= 0.6 is 0 Å². The van der Waals surface area contributed by atoms with Crippen LogP contribution in [0.5, 0.6) is 11.6 Å². The van der Waals surface area contributed by atoms with Crippen molar-refractivity contribution < 1.29 is 14.3 Å². The van der Waals surface area contributed by atoms with Crippen molar-refractivity contribution in [3.63, 3.8) is 0 Å². The molecule has 8 nitrogen and oxygen atoms in total. The Balaban J connectivity index is 1.70. The minimum absolute atomic E-state index is 0.0648. The lowest BCUT2D eigenvalue weighted by molar-refractivity contribution is -0.114. The number of nitrogens with zero attached hydrogens (tertiary/aromatic N) is 5. The van der Waals surface area contributed by atoms with E-state index >= 15 is 0 Å². The Morgan fingerprint density at radius 2 is 1.79 bits per heavy atom. The van der Waals surface area contributed by atoms with Gasteiger partial charge in [-0.1, -0.05) is 12.1 Å². The molecule has 0 N–H and O–H groups in total. The van der Waals surface area contributed by atoms with Gasteiger partial charge in [0, 0.05) is 36.8 Å². The normalized spacial score (nSPS) is 15.1. The molecule has 2 aromatic heterocycles. The molecule has 8 heteroatoms. The predicted octanol–water partition coefficient (Wildman–Crippen LogP) is 4.25. The molecule has 0 fully saturated rings. The number of anilines is 1. The van der Waals surface area contributed by atoms with Crippen LogP contribution in [0.15, 0.2) is 66.2 Å². The van der Waals surface area contributed by atoms with E-state index in [0.29, 0.717) is 34.2 Å². The Morgan fingerprint density at radius 3 is 2.41 bits per heavy atom. The number of hydrogen-bond donors (Lipinski definition) is 0. The second-order valence-electron chi connectivity index (χ2n) is 8.44. The number of hydrogen-bond acceptors (Lipinski definition) is 7. The number of benzene rings is 2. The van der Waals surface area contributed by atoms with E-state index in [1.807, 2.05) is 67.5 Å². The summed E-state index contributed by atoms with van der Waals surface area (Å²) >= 11 is 0. The summed E-state index contributed by atoms with van der Waals surface area (Å²) in [6, 6.07) is 15.7. The molecule has 0 amide bonds. The van der Waals surface area contributed by atoms with Crippen LogP contribution in [0.3, 0.4) is 0 Å². The summed E-state index contributed by atoms with van der Waals surface area (Å²) in [5.41, 5.74) is 4.79. The highest BCUT2D eigenvalue weighted by Gasteiger charge is 2.36. The van der Waals surface area contributed by atoms with E-state index in [9.17, 15) is 4.79 Å². The second-order valence-corrected chi connectivity index (χ2v) is 8.44. The molecule has 1 aliphatic rings. The van der Waals surface area contributed by atoms with Crippen molar-refractivity contribution in [3.8, 4) is 23.0 Å². The number of ether oxygens (including phenoxy) is 2. The molecular weight excluding hydrogens is 430 g/mol. The van der Waals surface area contributed by atoms with Gasteiger partial charge in [-0.05, 0) is 55.8 Å². The quantitative estimate of drug-likeness (QED) is 0.445. The second kappa shape index (κ2) is 8.30. The van der Waals surface area contributed by atoms with Gasteiger partial charge in [0.25, 0.3) is 0 Å². The number of Topliss-reactive ketones (excluding diaryl/α,β-unsaturated/α-hetero) is 1. The maximum absolute atomic E-state index is 12.7. The van der Waals surface area contributed by atoms with Gasteiger partial charge in [-0.15, -0.1) is 5.10 Å². The number of rotatable bonds is 5. The Morgan fingerprint density at radius 1 is 1.09 bits per heavy atom. The van der Waals surface area contributed by atoms with E-state index in [0.717, 1.165) is 22.6 Å². The van der Waals surface area contributed by atoms with Crippen LogP contribution in [0.4, 0.5) is 5.69 Å². The largest absolute Gasteiger partial charge is 0.497 e. The van der Waals surface area contributed by atoms with Gasteiger partial charge < -0.3 is 14.4 Å². The number of carbonyl (C=O) groups is 1. The van der Waals surface area contributed by atoms with E-state index < -0.39 is 5.92 Å². The minimum atomic E-state index is -0.392. The summed E-state index contributed by atoms with van der Waals surface area (Å²) in [5.74, 6) is 1.82. The molecule has 3 heterocycles. The molecule has 4 aromatic rings. The molecule has 0 aliphatic carbocycles. The van der Waals surface area contributed by atoms with Crippen LogP contribution in [-0.4, -0.2) is 46.6 Å². The van der Waals surface area contributed by atoms with Crippen molar-refractivity contribution in [2.24, 2.45) is 0 Å². The zero-order valence-electron chi connectivity index (χ0n) is 19.7. The first-order valence-electron chi connectivity index (χ1n) is 10.9. The van der Waals surface area contributed by atoms with Crippen LogP contribution in [-0.2, 0) is 4.79 Å². The fourth-order valence-corrected chi connectivity index (χ4v) is 4.35. The van der Waals surface area contributed by atoms with Crippen LogP contribution in [0.25, 0.3) is 17.0 Å². The molecule has 1 aliphatic heterocycles. The third-order valence-corrected chi connectivity index (χ3v) is 6.06. The van der Waals surface area contributed by atoms with E-state index in [4.69, 9.17) is 14.5 Å². The SMILES string of the molecule is COc1ccc([C@@H]2C(C(C)=O)=C(C)Oc3ncn4nc(-c5ccc(N(C)C)cc5)nc4c32)cc1. The number of fused-ring (bicyclic) bond motifs is 3. The van der Waals surface area contributed by atoms with E-state index in [-0.39, 0.29) is 5.78 Å². The molecule has 0 saturated heterocycles. The molecule has 2 aromatic carbocycles. The molecule has 0 bridgehead atoms. The van der Waals surface area contributed by atoms with E-state index in [1.165, 1.54) is 0 Å². The number of carbonyl (C=O) groups excluding carboxylic acids is 1. The van der Waals surface area contributed by atoms with Crippen molar-refractivity contribution in [1.82, 2.24) is 19.6 Å². The lowest BCUT2D eigenvalue weighted by Crippen LogP contribution is -2.22. The van der Waals surface area contributed by atoms with Gasteiger partial charge in [-0.25, -0.2) is 14.5 Å². The minimum Gasteiger partial charge on any atom is -0.497 e. The smallest absolute Gasteiger partial charge is 0.228 e. The van der Waals surface area contributed by atoms with Crippen LogP contribution in [0.1, 0.15) is 30.9 Å². The van der Waals surface area contributed by atoms with Crippen molar-refractivity contribution in [2.45, 2.75) is 19.8 Å². The number of aromatic nitrogens is 4. The number of allylic oxidation sites excluding steroid dienone is 2. The molecular formula is C26H25N5O3. The fourth-order valence-electron chi connectivity index (χ4n) is 4.35. The summed E-state index contributed by atoms with van der Waals surface area (Å²) in [6.07, 6.45) is 1.59. The predicted molar refractivity (Wildman–Crippen MR) is 129 cm³/mol. The van der Waals surface area contributed by atoms with Gasteiger partial charge in [-0.2, -0.15) is 0 Å². The summed E-state index contributed by atoms with van der Waals surface area (Å²) in [4.78, 5) is 24.1. The van der Waals surface area contributed by atoms with Crippen molar-refractivity contribution >= 4 is 17.1 Å². The van der Waals surface area contributed by atoms with Gasteiger partial charge in [0.15, 0.2) is 17.3 Å². The Kier molecular flexibility index (Phi) is 5.28. The third kappa shape index (κ3) is 3.57. The van der Waals surface area contributed by atoms with Gasteiger partial charge in [0.2, 0.25) is 5.88 Å². The van der Waals surface area contributed by atoms with Crippen molar-refractivity contribution in [3.05, 3.63) is 77.3 Å². The molecule has 0 radical (unpaired) electrons. The Bertz CT molecular complexity index is 1420.